The molecular weight excluding hydrogens is 434 g/mol. The van der Waals surface area contributed by atoms with E-state index < -0.39 is 10.8 Å². The van der Waals surface area contributed by atoms with E-state index in [0.717, 1.165) is 12.0 Å². The number of amides is 3. The molecular formula is C26H23N3O5. The van der Waals surface area contributed by atoms with Crippen molar-refractivity contribution in [3.63, 3.8) is 0 Å². The summed E-state index contributed by atoms with van der Waals surface area (Å²) in [5.74, 6) is -0.723. The highest BCUT2D eigenvalue weighted by Gasteiger charge is 2.67. The van der Waals surface area contributed by atoms with Crippen LogP contribution in [-0.4, -0.2) is 34.2 Å². The number of allylic oxidation sites excluding steroid dienone is 2. The molecule has 1 aliphatic heterocycles. The minimum Gasteiger partial charge on any atom is -0.289 e. The van der Waals surface area contributed by atoms with E-state index in [1.54, 1.807) is 18.2 Å². The summed E-state index contributed by atoms with van der Waals surface area (Å²) in [4.78, 5) is 54.1. The maximum atomic E-state index is 13.6. The van der Waals surface area contributed by atoms with Crippen LogP contribution in [-0.2, 0) is 9.59 Å². The summed E-state index contributed by atoms with van der Waals surface area (Å²) in [6.07, 6.45) is 5.28. The number of hydrogen-bond acceptors (Lipinski definition) is 5. The number of imide groups is 1. The summed E-state index contributed by atoms with van der Waals surface area (Å²) >= 11 is 0. The van der Waals surface area contributed by atoms with Crippen molar-refractivity contribution in [2.45, 2.75) is 13.3 Å². The molecule has 0 radical (unpaired) electrons. The van der Waals surface area contributed by atoms with Gasteiger partial charge in [0.05, 0.1) is 16.8 Å². The minimum absolute atomic E-state index is 0.0835. The first-order valence-corrected chi connectivity index (χ1v) is 11.5. The third kappa shape index (κ3) is 2.94. The Balaban J connectivity index is 1.36. The summed E-state index contributed by atoms with van der Waals surface area (Å²) in [6, 6.07) is 12.8. The summed E-state index contributed by atoms with van der Waals surface area (Å²) in [5.41, 5.74) is 1.03. The zero-order valence-electron chi connectivity index (χ0n) is 18.5. The second-order valence-electron chi connectivity index (χ2n) is 9.74. The first kappa shape index (κ1) is 20.8. The number of rotatable bonds is 5. The van der Waals surface area contributed by atoms with E-state index in [-0.39, 0.29) is 53.4 Å². The Morgan fingerprint density at radius 3 is 2.18 bits per heavy atom. The van der Waals surface area contributed by atoms with E-state index in [2.05, 4.69) is 12.2 Å². The molecule has 0 aromatic heterocycles. The van der Waals surface area contributed by atoms with E-state index in [1.807, 2.05) is 19.1 Å². The summed E-state index contributed by atoms with van der Waals surface area (Å²) in [6.45, 7) is 1.64. The van der Waals surface area contributed by atoms with Crippen LogP contribution in [0.4, 0.5) is 11.4 Å². The standard InChI is InChI=1S/C26H23N3O5/c1-14-6-8-15(9-7-14)27(24(30)18-4-2-3-5-21(18)29(33)34)13-28-25(31)22-16-10-11-17(20-12-19(16)20)23(22)26(28)32/h2-11,16-17,19-20,22-23H,12-13H2,1H3. The van der Waals surface area contributed by atoms with Gasteiger partial charge in [-0.1, -0.05) is 42.0 Å². The summed E-state index contributed by atoms with van der Waals surface area (Å²) in [5, 5.41) is 11.6. The minimum atomic E-state index is -0.629. The number of nitro groups is 1. The highest BCUT2D eigenvalue weighted by atomic mass is 16.6. The van der Waals surface area contributed by atoms with Gasteiger partial charge in [-0.2, -0.15) is 0 Å². The van der Waals surface area contributed by atoms with Gasteiger partial charge in [0.1, 0.15) is 12.2 Å². The topological polar surface area (TPSA) is 101 Å². The number of hydrogen-bond donors (Lipinski definition) is 0. The van der Waals surface area contributed by atoms with E-state index in [0.29, 0.717) is 17.5 Å². The number of anilines is 1. The first-order chi connectivity index (χ1) is 16.4. The lowest BCUT2D eigenvalue weighted by Gasteiger charge is -2.37. The monoisotopic (exact) mass is 457 g/mol. The first-order valence-electron chi connectivity index (χ1n) is 11.5. The fourth-order valence-corrected chi connectivity index (χ4v) is 6.25. The van der Waals surface area contributed by atoms with Gasteiger partial charge in [-0.25, -0.2) is 0 Å². The normalized spacial score (nSPS) is 30.2. The molecule has 3 amide bonds. The molecule has 4 aliphatic carbocycles. The van der Waals surface area contributed by atoms with Crippen molar-refractivity contribution in [1.29, 1.82) is 0 Å². The largest absolute Gasteiger partial charge is 0.289 e. The van der Waals surface area contributed by atoms with Gasteiger partial charge in [0.25, 0.3) is 11.6 Å². The number of para-hydroxylation sites is 1. The van der Waals surface area contributed by atoms with E-state index >= 15 is 0 Å². The van der Waals surface area contributed by atoms with Crippen molar-refractivity contribution in [3.8, 4) is 0 Å². The highest BCUT2D eigenvalue weighted by Crippen LogP contribution is 2.65. The maximum absolute atomic E-state index is 13.6. The molecule has 2 aromatic rings. The van der Waals surface area contributed by atoms with Gasteiger partial charge in [0.2, 0.25) is 11.8 Å². The predicted molar refractivity (Wildman–Crippen MR) is 123 cm³/mol. The average molecular weight is 457 g/mol. The molecule has 8 heteroatoms. The van der Waals surface area contributed by atoms with E-state index in [1.165, 1.54) is 28.0 Å². The van der Waals surface area contributed by atoms with Crippen molar-refractivity contribution < 1.29 is 19.3 Å². The Hall–Kier alpha value is -3.81. The molecule has 0 N–H and O–H groups in total. The molecule has 172 valence electrons. The molecule has 2 bridgehead atoms. The van der Waals surface area contributed by atoms with Crippen molar-refractivity contribution in [1.82, 2.24) is 4.90 Å². The van der Waals surface area contributed by atoms with E-state index in [9.17, 15) is 24.5 Å². The molecule has 7 rings (SSSR count). The SMILES string of the molecule is Cc1ccc(N(CN2C(=O)C3C4C=CC(C5CC45)C3C2=O)C(=O)c2ccccc2[N+](=O)[O-])cc1. The Bertz CT molecular complexity index is 1230. The molecule has 2 aromatic carbocycles. The smallest absolute Gasteiger partial charge is 0.282 e. The molecule has 0 spiro atoms. The Labute approximate surface area is 196 Å². The molecule has 34 heavy (non-hydrogen) atoms. The maximum Gasteiger partial charge on any atom is 0.282 e. The number of carbonyl (C=O) groups excluding carboxylic acids is 3. The van der Waals surface area contributed by atoms with Crippen molar-refractivity contribution in [2.75, 3.05) is 11.6 Å². The van der Waals surface area contributed by atoms with Gasteiger partial charge in [-0.15, -0.1) is 0 Å². The van der Waals surface area contributed by atoms with E-state index in [4.69, 9.17) is 0 Å². The Morgan fingerprint density at radius 2 is 1.59 bits per heavy atom. The number of nitro benzene ring substituents is 1. The molecule has 3 fully saturated rings. The number of nitrogens with zero attached hydrogens (tertiary/aromatic N) is 3. The Kier molecular flexibility index (Phi) is 4.49. The second kappa shape index (κ2) is 7.35. The zero-order valence-corrected chi connectivity index (χ0v) is 18.5. The second-order valence-corrected chi connectivity index (χ2v) is 9.74. The number of benzene rings is 2. The summed E-state index contributed by atoms with van der Waals surface area (Å²) in [7, 11) is 0. The molecule has 5 aliphatic rings. The van der Waals surface area contributed by atoms with Crippen LogP contribution in [0.1, 0.15) is 22.3 Å². The van der Waals surface area contributed by atoms with Gasteiger partial charge in [0, 0.05) is 11.8 Å². The Morgan fingerprint density at radius 1 is 1.00 bits per heavy atom. The quantitative estimate of drug-likeness (QED) is 0.296. The van der Waals surface area contributed by atoms with Crippen LogP contribution in [0, 0.1) is 52.5 Å². The number of aryl methyl sites for hydroxylation is 1. The lowest BCUT2D eigenvalue weighted by atomic mass is 9.63. The van der Waals surface area contributed by atoms with Crippen LogP contribution in [0.2, 0.25) is 0 Å². The number of likely N-dealkylation sites (tertiary alicyclic amines) is 1. The van der Waals surface area contributed by atoms with Gasteiger partial charge < -0.3 is 0 Å². The molecule has 1 heterocycles. The average Bonchev–Trinajstić information content (AvgIpc) is 3.63. The predicted octanol–water partition coefficient (Wildman–Crippen LogP) is 3.56. The number of carbonyl (C=O) groups is 3. The molecule has 1 saturated heterocycles. The van der Waals surface area contributed by atoms with Crippen molar-refractivity contribution in [3.05, 3.63) is 81.9 Å². The summed E-state index contributed by atoms with van der Waals surface area (Å²) < 4.78 is 0. The van der Waals surface area contributed by atoms with Crippen LogP contribution < -0.4 is 4.90 Å². The van der Waals surface area contributed by atoms with Crippen molar-refractivity contribution >= 4 is 29.1 Å². The molecule has 6 unspecified atom stereocenters. The molecule has 2 saturated carbocycles. The fourth-order valence-electron chi connectivity index (χ4n) is 6.25. The third-order valence-corrected chi connectivity index (χ3v) is 7.96. The van der Waals surface area contributed by atoms with Gasteiger partial charge in [-0.05, 0) is 55.2 Å². The highest BCUT2D eigenvalue weighted by molar-refractivity contribution is 6.11. The van der Waals surface area contributed by atoms with Gasteiger partial charge in [-0.3, -0.25) is 34.3 Å². The van der Waals surface area contributed by atoms with Gasteiger partial charge in [0.15, 0.2) is 0 Å². The zero-order chi connectivity index (χ0) is 23.7. The molecule has 8 nitrogen and oxygen atoms in total. The third-order valence-electron chi connectivity index (χ3n) is 7.96. The van der Waals surface area contributed by atoms with Crippen LogP contribution >= 0.6 is 0 Å². The van der Waals surface area contributed by atoms with Crippen LogP contribution in [0.5, 0.6) is 0 Å². The van der Waals surface area contributed by atoms with Crippen LogP contribution in [0.15, 0.2) is 60.7 Å². The van der Waals surface area contributed by atoms with Crippen molar-refractivity contribution in [2.24, 2.45) is 35.5 Å². The molecule has 6 atom stereocenters. The lowest BCUT2D eigenvalue weighted by molar-refractivity contribution is -0.385. The van der Waals surface area contributed by atoms with Crippen LogP contribution in [0.3, 0.4) is 0 Å². The van der Waals surface area contributed by atoms with Crippen LogP contribution in [0.25, 0.3) is 0 Å². The lowest BCUT2D eigenvalue weighted by Crippen LogP contribution is -2.45. The fraction of sp³-hybridized carbons (Fsp3) is 0.346. The van der Waals surface area contributed by atoms with Gasteiger partial charge >= 0.3 is 0 Å².